The van der Waals surface area contributed by atoms with Crippen molar-refractivity contribution in [3.8, 4) is 5.75 Å². The molecule has 1 unspecified atom stereocenters. The van der Waals surface area contributed by atoms with Crippen molar-refractivity contribution in [2.24, 2.45) is 0 Å². The van der Waals surface area contributed by atoms with Crippen LogP contribution in [0.1, 0.15) is 32.8 Å². The van der Waals surface area contributed by atoms with Crippen molar-refractivity contribution in [3.05, 3.63) is 86.8 Å². The van der Waals surface area contributed by atoms with Crippen molar-refractivity contribution in [1.82, 2.24) is 10.2 Å². The number of anilines is 1. The third-order valence-electron chi connectivity index (χ3n) is 6.24. The summed E-state index contributed by atoms with van der Waals surface area (Å²) in [5.41, 5.74) is 0.710. The Bertz CT molecular complexity index is 1430. The van der Waals surface area contributed by atoms with Gasteiger partial charge >= 0.3 is 0 Å². The van der Waals surface area contributed by atoms with Crippen molar-refractivity contribution in [3.63, 3.8) is 0 Å². The first-order chi connectivity index (χ1) is 19.5. The summed E-state index contributed by atoms with van der Waals surface area (Å²) in [6.45, 7) is 5.52. The van der Waals surface area contributed by atoms with Crippen LogP contribution in [0.5, 0.6) is 5.75 Å². The molecule has 0 bridgehead atoms. The van der Waals surface area contributed by atoms with Gasteiger partial charge in [-0.3, -0.25) is 13.9 Å². The zero-order valence-corrected chi connectivity index (χ0v) is 26.9. The third kappa shape index (κ3) is 8.16. The van der Waals surface area contributed by atoms with Crippen LogP contribution >= 0.6 is 39.1 Å². The zero-order chi connectivity index (χ0) is 30.2. The SMILES string of the molecule is CCNC(=O)C(CC)N(Cc1c(Cl)cccc1Cl)C(=O)CN(c1ccc(OCC)cc1)S(=O)(=O)c1ccc(Br)cc1. The summed E-state index contributed by atoms with van der Waals surface area (Å²) in [7, 11) is -4.21. The fourth-order valence-corrected chi connectivity index (χ4v) is 6.40. The van der Waals surface area contributed by atoms with Crippen LogP contribution in [0.4, 0.5) is 5.69 Å². The highest BCUT2D eigenvalue weighted by Gasteiger charge is 2.34. The molecule has 0 spiro atoms. The van der Waals surface area contributed by atoms with Gasteiger partial charge in [0, 0.05) is 33.2 Å². The molecule has 12 heteroatoms. The maximum Gasteiger partial charge on any atom is 0.264 e. The van der Waals surface area contributed by atoms with E-state index in [0.29, 0.717) is 39.0 Å². The average Bonchev–Trinajstić information content (AvgIpc) is 2.94. The first kappa shape index (κ1) is 32.7. The van der Waals surface area contributed by atoms with Gasteiger partial charge in [0.15, 0.2) is 0 Å². The maximum absolute atomic E-state index is 14.1. The normalized spacial score (nSPS) is 12.0. The Kier molecular flexibility index (Phi) is 11.9. The molecule has 0 aliphatic heterocycles. The third-order valence-corrected chi connectivity index (χ3v) is 9.27. The van der Waals surface area contributed by atoms with E-state index in [4.69, 9.17) is 27.9 Å². The Hall–Kier alpha value is -2.79. The van der Waals surface area contributed by atoms with Gasteiger partial charge in [-0.15, -0.1) is 0 Å². The van der Waals surface area contributed by atoms with Crippen LogP contribution in [0.3, 0.4) is 0 Å². The summed E-state index contributed by atoms with van der Waals surface area (Å²) in [6.07, 6.45) is 0.280. The van der Waals surface area contributed by atoms with Gasteiger partial charge in [0.05, 0.1) is 17.2 Å². The number of likely N-dealkylation sites (N-methyl/N-ethyl adjacent to an activating group) is 1. The lowest BCUT2D eigenvalue weighted by atomic mass is 10.1. The van der Waals surface area contributed by atoms with Crippen LogP contribution in [0.15, 0.2) is 76.1 Å². The van der Waals surface area contributed by atoms with Crippen LogP contribution in [0.2, 0.25) is 10.0 Å². The highest BCUT2D eigenvalue weighted by Crippen LogP contribution is 2.30. The number of hydrogen-bond donors (Lipinski definition) is 1. The van der Waals surface area contributed by atoms with E-state index in [1.165, 1.54) is 17.0 Å². The van der Waals surface area contributed by atoms with Crippen LogP contribution in [0, 0.1) is 0 Å². The van der Waals surface area contributed by atoms with E-state index in [9.17, 15) is 18.0 Å². The van der Waals surface area contributed by atoms with E-state index < -0.39 is 28.5 Å². The maximum atomic E-state index is 14.1. The number of nitrogens with zero attached hydrogens (tertiary/aromatic N) is 2. The molecule has 0 aliphatic rings. The number of halogens is 3. The van der Waals surface area contributed by atoms with E-state index in [1.807, 2.05) is 6.92 Å². The predicted octanol–water partition coefficient (Wildman–Crippen LogP) is 6.29. The minimum absolute atomic E-state index is 0.00106. The molecule has 1 atom stereocenters. The standard InChI is InChI=1S/C29H32BrCl2N3O5S/c1-4-27(29(37)33-5-2)34(18-24-25(31)8-7-9-26(24)32)28(36)19-35(21-12-14-22(15-13-21)40-6-3)41(38,39)23-16-10-20(30)11-17-23/h7-17,27H,4-6,18-19H2,1-3H3,(H,33,37). The summed E-state index contributed by atoms with van der Waals surface area (Å²) in [4.78, 5) is 28.5. The van der Waals surface area contributed by atoms with Crippen LogP contribution in [-0.4, -0.2) is 50.9 Å². The highest BCUT2D eigenvalue weighted by atomic mass is 79.9. The molecule has 220 valence electrons. The number of rotatable bonds is 13. The summed E-state index contributed by atoms with van der Waals surface area (Å²) < 4.78 is 35.1. The van der Waals surface area contributed by atoms with Gasteiger partial charge in [-0.05, 0) is 80.9 Å². The number of nitrogens with one attached hydrogen (secondary N) is 1. The molecular formula is C29H32BrCl2N3O5S. The first-order valence-electron chi connectivity index (χ1n) is 13.0. The topological polar surface area (TPSA) is 96.0 Å². The van der Waals surface area contributed by atoms with Gasteiger partial charge in [-0.1, -0.05) is 52.1 Å². The Balaban J connectivity index is 2.10. The van der Waals surface area contributed by atoms with Crippen molar-refractivity contribution in [2.75, 3.05) is 24.0 Å². The van der Waals surface area contributed by atoms with Crippen LogP contribution in [0.25, 0.3) is 0 Å². The van der Waals surface area contributed by atoms with E-state index in [0.717, 1.165) is 4.31 Å². The Morgan fingerprint density at radius 2 is 1.56 bits per heavy atom. The molecule has 2 amide bonds. The predicted molar refractivity (Wildman–Crippen MR) is 166 cm³/mol. The average molecular weight is 685 g/mol. The number of carbonyl (C=O) groups is 2. The molecular weight excluding hydrogens is 653 g/mol. The molecule has 3 aromatic rings. The van der Waals surface area contributed by atoms with E-state index >= 15 is 0 Å². The molecule has 0 saturated carbocycles. The Labute approximate surface area is 259 Å². The number of sulfonamides is 1. The lowest BCUT2D eigenvalue weighted by molar-refractivity contribution is -0.140. The van der Waals surface area contributed by atoms with Gasteiger partial charge in [0.1, 0.15) is 18.3 Å². The van der Waals surface area contributed by atoms with Gasteiger partial charge < -0.3 is 15.0 Å². The molecule has 0 aliphatic carbocycles. The lowest BCUT2D eigenvalue weighted by Crippen LogP contribution is -2.52. The molecule has 0 heterocycles. The highest BCUT2D eigenvalue weighted by molar-refractivity contribution is 9.10. The molecule has 0 aromatic heterocycles. The number of amides is 2. The van der Waals surface area contributed by atoms with Crippen LogP contribution in [-0.2, 0) is 26.2 Å². The second kappa shape index (κ2) is 14.9. The second-order valence-corrected chi connectivity index (χ2v) is 12.5. The Morgan fingerprint density at radius 3 is 2.10 bits per heavy atom. The largest absolute Gasteiger partial charge is 0.494 e. The fourth-order valence-electron chi connectivity index (χ4n) is 4.20. The molecule has 3 rings (SSSR count). The van der Waals surface area contributed by atoms with Crippen molar-refractivity contribution >= 4 is 66.7 Å². The van der Waals surface area contributed by atoms with Gasteiger partial charge in [0.2, 0.25) is 11.8 Å². The number of hydrogen-bond acceptors (Lipinski definition) is 5. The minimum Gasteiger partial charge on any atom is -0.494 e. The van der Waals surface area contributed by atoms with Gasteiger partial charge in [-0.2, -0.15) is 0 Å². The van der Waals surface area contributed by atoms with Crippen molar-refractivity contribution < 1.29 is 22.7 Å². The summed E-state index contributed by atoms with van der Waals surface area (Å²) in [6, 6.07) is 16.6. The minimum atomic E-state index is -4.21. The molecule has 1 N–H and O–H groups in total. The molecule has 0 saturated heterocycles. The van der Waals surface area contributed by atoms with Crippen molar-refractivity contribution in [1.29, 1.82) is 0 Å². The molecule has 0 radical (unpaired) electrons. The summed E-state index contributed by atoms with van der Waals surface area (Å²) in [5.74, 6) is -0.413. The number of carbonyl (C=O) groups excluding carboxylic acids is 2. The zero-order valence-electron chi connectivity index (χ0n) is 22.9. The van der Waals surface area contributed by atoms with Crippen LogP contribution < -0.4 is 14.4 Å². The molecule has 0 fully saturated rings. The first-order valence-corrected chi connectivity index (χ1v) is 16.0. The van der Waals surface area contributed by atoms with Gasteiger partial charge in [-0.25, -0.2) is 8.42 Å². The number of benzene rings is 3. The molecule has 41 heavy (non-hydrogen) atoms. The van der Waals surface area contributed by atoms with E-state index in [2.05, 4.69) is 21.2 Å². The fraction of sp³-hybridized carbons (Fsp3) is 0.310. The summed E-state index contributed by atoms with van der Waals surface area (Å²) >= 11 is 16.2. The van der Waals surface area contributed by atoms with E-state index in [-0.39, 0.29) is 29.5 Å². The molecule has 3 aromatic carbocycles. The van der Waals surface area contributed by atoms with E-state index in [1.54, 1.807) is 68.4 Å². The number of ether oxygens (including phenoxy) is 1. The monoisotopic (exact) mass is 683 g/mol. The Morgan fingerprint density at radius 1 is 0.951 bits per heavy atom. The lowest BCUT2D eigenvalue weighted by Gasteiger charge is -2.33. The van der Waals surface area contributed by atoms with Gasteiger partial charge in [0.25, 0.3) is 10.0 Å². The quantitative estimate of drug-likeness (QED) is 0.228. The molecule has 8 nitrogen and oxygen atoms in total. The smallest absolute Gasteiger partial charge is 0.264 e. The van der Waals surface area contributed by atoms with Crippen molar-refractivity contribution in [2.45, 2.75) is 44.7 Å². The summed E-state index contributed by atoms with van der Waals surface area (Å²) in [5, 5.41) is 3.41. The second-order valence-electron chi connectivity index (χ2n) is 8.93.